The highest BCUT2D eigenvalue weighted by molar-refractivity contribution is 6.58. The van der Waals surface area contributed by atoms with Crippen LogP contribution in [0, 0.1) is 29.0 Å². The van der Waals surface area contributed by atoms with E-state index in [0.29, 0.717) is 5.92 Å². The first kappa shape index (κ1) is 23.2. The highest BCUT2D eigenvalue weighted by Gasteiger charge is 2.25. The predicted molar refractivity (Wildman–Crippen MR) is 135 cm³/mol. The number of benzene rings is 2. The van der Waals surface area contributed by atoms with Gasteiger partial charge in [-0.2, -0.15) is 5.26 Å². The van der Waals surface area contributed by atoms with Crippen LogP contribution in [0.3, 0.4) is 0 Å². The van der Waals surface area contributed by atoms with Crippen LogP contribution in [0.1, 0.15) is 81.8 Å². The lowest BCUT2D eigenvalue weighted by Gasteiger charge is -2.32. The van der Waals surface area contributed by atoms with E-state index in [2.05, 4.69) is 31.2 Å². The van der Waals surface area contributed by atoms with E-state index in [1.165, 1.54) is 56.6 Å². The molecule has 170 valence electrons. The Kier molecular flexibility index (Phi) is 8.19. The van der Waals surface area contributed by atoms with Gasteiger partial charge in [0, 0.05) is 8.80 Å². The van der Waals surface area contributed by atoms with Gasteiger partial charge in [0.1, 0.15) is 11.9 Å². The molecule has 1 nitrogen and oxygen atoms in total. The first-order chi connectivity index (χ1) is 15.7. The van der Waals surface area contributed by atoms with Crippen molar-refractivity contribution in [1.82, 2.24) is 0 Å². The second-order valence-electron chi connectivity index (χ2n) is 10.4. The van der Waals surface area contributed by atoms with Crippen molar-refractivity contribution in [2.45, 2.75) is 88.8 Å². The molecule has 2 aliphatic rings. The summed E-state index contributed by atoms with van der Waals surface area (Å²) in [6.07, 6.45) is 12.8. The smallest absolute Gasteiger partial charge is 0.141 e. The maximum atomic E-state index is 14.0. The van der Waals surface area contributed by atoms with E-state index >= 15 is 0 Å². The quantitative estimate of drug-likeness (QED) is 0.390. The van der Waals surface area contributed by atoms with Crippen molar-refractivity contribution >= 4 is 8.80 Å². The lowest BCUT2D eigenvalue weighted by atomic mass is 9.76. The van der Waals surface area contributed by atoms with Crippen LogP contribution in [0.4, 0.5) is 4.39 Å². The normalized spacial score (nSPS) is 25.9. The first-order valence-electron chi connectivity index (χ1n) is 13.0. The SMILES string of the molecule is CCC[SiH]1CCC(CCC2CCC(c3ccc(-c4ccc(C#N)c(F)c4)cc3)CC2)CC1. The molecule has 0 amide bonds. The summed E-state index contributed by atoms with van der Waals surface area (Å²) < 4.78 is 14.0. The fourth-order valence-electron chi connectivity index (χ4n) is 6.21. The Labute approximate surface area is 195 Å². The molecular weight excluding hydrogens is 409 g/mol. The second-order valence-corrected chi connectivity index (χ2v) is 13.9. The summed E-state index contributed by atoms with van der Waals surface area (Å²) in [6.45, 7) is 2.36. The van der Waals surface area contributed by atoms with Gasteiger partial charge in [-0.3, -0.25) is 0 Å². The van der Waals surface area contributed by atoms with Gasteiger partial charge >= 0.3 is 0 Å². The van der Waals surface area contributed by atoms with E-state index in [1.807, 2.05) is 12.1 Å². The topological polar surface area (TPSA) is 23.8 Å². The van der Waals surface area contributed by atoms with Crippen molar-refractivity contribution in [3.8, 4) is 17.2 Å². The summed E-state index contributed by atoms with van der Waals surface area (Å²) in [5, 5.41) is 8.92. The Morgan fingerprint density at radius 2 is 1.50 bits per heavy atom. The maximum absolute atomic E-state index is 14.0. The summed E-state index contributed by atoms with van der Waals surface area (Å²) in [5.41, 5.74) is 3.39. The van der Waals surface area contributed by atoms with Crippen molar-refractivity contribution in [3.63, 3.8) is 0 Å². The van der Waals surface area contributed by atoms with Crippen LogP contribution >= 0.6 is 0 Å². The molecule has 0 spiro atoms. The van der Waals surface area contributed by atoms with Crippen LogP contribution < -0.4 is 0 Å². The molecule has 0 radical (unpaired) electrons. The monoisotopic (exact) mass is 447 g/mol. The molecule has 0 atom stereocenters. The van der Waals surface area contributed by atoms with E-state index in [4.69, 9.17) is 5.26 Å². The minimum absolute atomic E-state index is 0.105. The van der Waals surface area contributed by atoms with Crippen molar-refractivity contribution in [3.05, 3.63) is 59.4 Å². The number of nitrogens with zero attached hydrogens (tertiary/aromatic N) is 1. The van der Waals surface area contributed by atoms with Crippen LogP contribution in [0.25, 0.3) is 11.1 Å². The van der Waals surface area contributed by atoms with Crippen LogP contribution in [0.5, 0.6) is 0 Å². The molecule has 0 unspecified atom stereocenters. The Bertz CT molecular complexity index is 900. The molecule has 0 N–H and O–H groups in total. The zero-order valence-electron chi connectivity index (χ0n) is 19.7. The van der Waals surface area contributed by atoms with Crippen molar-refractivity contribution in [1.29, 1.82) is 5.26 Å². The number of rotatable bonds is 7. The lowest BCUT2D eigenvalue weighted by Crippen LogP contribution is -2.22. The van der Waals surface area contributed by atoms with Crippen LogP contribution in [0.15, 0.2) is 42.5 Å². The average molecular weight is 448 g/mol. The Morgan fingerprint density at radius 1 is 0.875 bits per heavy atom. The van der Waals surface area contributed by atoms with E-state index in [-0.39, 0.29) is 14.4 Å². The molecule has 2 aromatic carbocycles. The lowest BCUT2D eigenvalue weighted by molar-refractivity contribution is 0.280. The molecule has 1 saturated heterocycles. The molecule has 1 aliphatic heterocycles. The van der Waals surface area contributed by atoms with E-state index in [1.54, 1.807) is 37.0 Å². The van der Waals surface area contributed by atoms with Crippen LogP contribution in [0.2, 0.25) is 18.1 Å². The van der Waals surface area contributed by atoms with Crippen molar-refractivity contribution < 1.29 is 4.39 Å². The molecule has 4 rings (SSSR count). The summed E-state index contributed by atoms with van der Waals surface area (Å²) in [6, 6.07) is 20.3. The summed E-state index contributed by atoms with van der Waals surface area (Å²) in [5.74, 6) is 2.21. The summed E-state index contributed by atoms with van der Waals surface area (Å²) in [7, 11) is -0.329. The number of hydrogen-bond acceptors (Lipinski definition) is 1. The van der Waals surface area contributed by atoms with Crippen LogP contribution in [-0.2, 0) is 0 Å². The second kappa shape index (κ2) is 11.3. The molecule has 1 heterocycles. The Balaban J connectivity index is 1.23. The van der Waals surface area contributed by atoms with Gasteiger partial charge in [-0.05, 0) is 72.3 Å². The van der Waals surface area contributed by atoms with Gasteiger partial charge in [-0.1, -0.05) is 87.5 Å². The minimum Gasteiger partial charge on any atom is -0.206 e. The third-order valence-corrected chi connectivity index (χ3v) is 12.0. The zero-order chi connectivity index (χ0) is 22.3. The molecule has 2 fully saturated rings. The summed E-state index contributed by atoms with van der Waals surface area (Å²) >= 11 is 0. The molecule has 2 aromatic rings. The van der Waals surface area contributed by atoms with Gasteiger partial charge in [0.15, 0.2) is 0 Å². The predicted octanol–water partition coefficient (Wildman–Crippen LogP) is 8.47. The Hall–Kier alpha value is -1.92. The van der Waals surface area contributed by atoms with Gasteiger partial charge in [-0.15, -0.1) is 0 Å². The average Bonchev–Trinajstić information content (AvgIpc) is 2.84. The summed E-state index contributed by atoms with van der Waals surface area (Å²) in [4.78, 5) is 0. The molecule has 1 aliphatic carbocycles. The fraction of sp³-hybridized carbons (Fsp3) is 0.552. The molecular formula is C29H38FNSi. The van der Waals surface area contributed by atoms with Crippen molar-refractivity contribution in [2.75, 3.05) is 0 Å². The molecule has 32 heavy (non-hydrogen) atoms. The maximum Gasteiger partial charge on any atom is 0.141 e. The Morgan fingerprint density at radius 3 is 2.09 bits per heavy atom. The highest BCUT2D eigenvalue weighted by atomic mass is 28.3. The standard InChI is InChI=1S/C29H38FNSi/c1-2-17-32-18-15-23(16-19-32)4-3-22-5-7-24(8-6-22)25-9-11-26(12-10-25)27-13-14-28(21-31)29(30)20-27/h9-14,20,22-24,32H,2-8,15-19H2,1H3. The molecule has 0 bridgehead atoms. The minimum atomic E-state index is -0.441. The van der Waals surface area contributed by atoms with Gasteiger partial charge in [0.2, 0.25) is 0 Å². The van der Waals surface area contributed by atoms with Gasteiger partial charge in [0.05, 0.1) is 5.56 Å². The van der Waals surface area contributed by atoms with Gasteiger partial charge in [0.25, 0.3) is 0 Å². The molecule has 1 saturated carbocycles. The van der Waals surface area contributed by atoms with E-state index in [0.717, 1.165) is 23.0 Å². The number of halogens is 1. The first-order valence-corrected chi connectivity index (χ1v) is 15.4. The van der Waals surface area contributed by atoms with Crippen molar-refractivity contribution in [2.24, 2.45) is 11.8 Å². The number of hydrogen-bond donors (Lipinski definition) is 0. The van der Waals surface area contributed by atoms with Crippen LogP contribution in [-0.4, -0.2) is 8.80 Å². The third-order valence-electron chi connectivity index (χ3n) is 8.30. The fourth-order valence-corrected chi connectivity index (χ4v) is 9.77. The third kappa shape index (κ3) is 5.90. The van der Waals surface area contributed by atoms with E-state index in [9.17, 15) is 4.39 Å². The molecule has 0 aromatic heterocycles. The van der Waals surface area contributed by atoms with Gasteiger partial charge in [-0.25, -0.2) is 4.39 Å². The molecule has 3 heteroatoms. The van der Waals surface area contributed by atoms with E-state index < -0.39 is 5.82 Å². The zero-order valence-corrected chi connectivity index (χ0v) is 20.8. The van der Waals surface area contributed by atoms with Gasteiger partial charge < -0.3 is 0 Å². The number of nitriles is 1. The largest absolute Gasteiger partial charge is 0.206 e. The highest BCUT2D eigenvalue weighted by Crippen LogP contribution is 2.40.